The van der Waals surface area contributed by atoms with Gasteiger partial charge in [-0.15, -0.1) is 11.8 Å². The van der Waals surface area contributed by atoms with Crippen LogP contribution in [0.5, 0.6) is 0 Å². The summed E-state index contributed by atoms with van der Waals surface area (Å²) in [7, 11) is 1.54. The first-order valence-electron chi connectivity index (χ1n) is 3.80. The Morgan fingerprint density at radius 3 is 2.54 bits per heavy atom. The van der Waals surface area contributed by atoms with Gasteiger partial charge in [-0.25, -0.2) is 0 Å². The lowest BCUT2D eigenvalue weighted by Crippen LogP contribution is -2.35. The molecule has 0 radical (unpaired) electrons. The third-order valence-corrected chi connectivity index (χ3v) is 2.72. The molecule has 0 saturated carbocycles. The number of aliphatic carboxylic acids is 1. The van der Waals surface area contributed by atoms with Crippen LogP contribution < -0.4 is 11.1 Å². The van der Waals surface area contributed by atoms with Gasteiger partial charge in [0, 0.05) is 12.8 Å². The minimum Gasteiger partial charge on any atom is -0.480 e. The number of amides is 1. The number of nitrogens with two attached hydrogens (primary N) is 1. The normalized spacial score (nSPS) is 14.7. The first kappa shape index (κ1) is 12.2. The van der Waals surface area contributed by atoms with Crippen LogP contribution in [0.15, 0.2) is 0 Å². The molecule has 0 spiro atoms. The minimum atomic E-state index is -1.04. The molecule has 0 saturated heterocycles. The molecule has 0 aliphatic heterocycles. The van der Waals surface area contributed by atoms with E-state index in [1.807, 2.05) is 0 Å². The fourth-order valence-corrected chi connectivity index (χ4v) is 1.51. The van der Waals surface area contributed by atoms with Gasteiger partial charge in [0.1, 0.15) is 6.04 Å². The molecular weight excluding hydrogens is 192 g/mol. The highest BCUT2D eigenvalue weighted by molar-refractivity contribution is 8.00. The van der Waals surface area contributed by atoms with E-state index < -0.39 is 12.0 Å². The topological polar surface area (TPSA) is 92.4 Å². The predicted molar refractivity (Wildman–Crippen MR) is 51.6 cm³/mol. The van der Waals surface area contributed by atoms with Gasteiger partial charge in [-0.05, 0) is 6.92 Å². The summed E-state index contributed by atoms with van der Waals surface area (Å²) in [5, 5.41) is 10.7. The van der Waals surface area contributed by atoms with Crippen molar-refractivity contribution in [3.05, 3.63) is 0 Å². The van der Waals surface area contributed by atoms with Crippen LogP contribution in [0.1, 0.15) is 6.92 Å². The highest BCUT2D eigenvalue weighted by atomic mass is 32.2. The molecule has 6 heteroatoms. The van der Waals surface area contributed by atoms with Crippen molar-refractivity contribution in [2.75, 3.05) is 12.8 Å². The smallest absolute Gasteiger partial charge is 0.321 e. The van der Waals surface area contributed by atoms with E-state index in [0.717, 1.165) is 0 Å². The van der Waals surface area contributed by atoms with E-state index in [9.17, 15) is 9.59 Å². The van der Waals surface area contributed by atoms with E-state index in [1.165, 1.54) is 18.8 Å². The van der Waals surface area contributed by atoms with Crippen molar-refractivity contribution in [3.8, 4) is 0 Å². The van der Waals surface area contributed by atoms with Gasteiger partial charge in [0.05, 0.1) is 5.25 Å². The van der Waals surface area contributed by atoms with E-state index in [4.69, 9.17) is 10.8 Å². The van der Waals surface area contributed by atoms with Crippen LogP contribution in [-0.4, -0.2) is 41.1 Å². The molecule has 1 unspecified atom stereocenters. The monoisotopic (exact) mass is 206 g/mol. The summed E-state index contributed by atoms with van der Waals surface area (Å²) >= 11 is 1.23. The van der Waals surface area contributed by atoms with E-state index in [0.29, 0.717) is 0 Å². The van der Waals surface area contributed by atoms with E-state index >= 15 is 0 Å². The number of carbonyl (C=O) groups is 2. The zero-order chi connectivity index (χ0) is 10.4. The third-order valence-electron chi connectivity index (χ3n) is 1.46. The molecule has 0 aromatic carbocycles. The summed E-state index contributed by atoms with van der Waals surface area (Å²) in [6.07, 6.45) is 0. The first-order valence-corrected chi connectivity index (χ1v) is 4.85. The van der Waals surface area contributed by atoms with E-state index in [-0.39, 0.29) is 16.9 Å². The zero-order valence-corrected chi connectivity index (χ0v) is 8.43. The summed E-state index contributed by atoms with van der Waals surface area (Å²) in [5.41, 5.74) is 5.25. The average Bonchev–Trinajstić information content (AvgIpc) is 2.11. The summed E-state index contributed by atoms with van der Waals surface area (Å²) in [4.78, 5) is 21.3. The van der Waals surface area contributed by atoms with Gasteiger partial charge in [0.2, 0.25) is 5.91 Å². The van der Waals surface area contributed by atoms with Crippen LogP contribution in [0.3, 0.4) is 0 Å². The quantitative estimate of drug-likeness (QED) is 0.551. The van der Waals surface area contributed by atoms with Crippen molar-refractivity contribution in [3.63, 3.8) is 0 Å². The Morgan fingerprint density at radius 2 is 2.15 bits per heavy atom. The molecule has 0 aromatic rings. The standard InChI is InChI=1S/C7H14N2O3S/c1-4(6(10)9-2)13-3-5(8)7(11)12/h4-5H,3,8H2,1-2H3,(H,9,10)(H,11,12)/t4?,5-/m0/s1. The Labute approximate surface area is 81.1 Å². The number of carboxylic acid groups (broad SMARTS) is 1. The number of carboxylic acids is 1. The van der Waals surface area contributed by atoms with E-state index in [1.54, 1.807) is 6.92 Å². The molecule has 0 heterocycles. The van der Waals surface area contributed by atoms with Crippen molar-refractivity contribution >= 4 is 23.6 Å². The fraction of sp³-hybridized carbons (Fsp3) is 0.714. The lowest BCUT2D eigenvalue weighted by Gasteiger charge is -2.11. The lowest BCUT2D eigenvalue weighted by molar-refractivity contribution is -0.138. The van der Waals surface area contributed by atoms with E-state index in [2.05, 4.69) is 5.32 Å². The van der Waals surface area contributed by atoms with Gasteiger partial charge in [-0.3, -0.25) is 9.59 Å². The second-order valence-corrected chi connectivity index (χ2v) is 3.91. The van der Waals surface area contributed by atoms with Gasteiger partial charge < -0.3 is 16.2 Å². The summed E-state index contributed by atoms with van der Waals surface area (Å²) < 4.78 is 0. The highest BCUT2D eigenvalue weighted by Gasteiger charge is 2.16. The molecule has 13 heavy (non-hydrogen) atoms. The highest BCUT2D eigenvalue weighted by Crippen LogP contribution is 2.10. The second kappa shape index (κ2) is 5.82. The zero-order valence-electron chi connectivity index (χ0n) is 7.61. The molecule has 0 fully saturated rings. The molecular formula is C7H14N2O3S. The molecule has 5 nitrogen and oxygen atoms in total. The average molecular weight is 206 g/mol. The van der Waals surface area contributed by atoms with Gasteiger partial charge in [0.15, 0.2) is 0 Å². The second-order valence-electron chi connectivity index (χ2n) is 2.53. The van der Waals surface area contributed by atoms with Crippen LogP contribution in [0.2, 0.25) is 0 Å². The van der Waals surface area contributed by atoms with Crippen molar-refractivity contribution < 1.29 is 14.7 Å². The fourth-order valence-electron chi connectivity index (χ4n) is 0.598. The van der Waals surface area contributed by atoms with Crippen LogP contribution >= 0.6 is 11.8 Å². The summed E-state index contributed by atoms with van der Waals surface area (Å²) in [6.45, 7) is 1.71. The molecule has 0 aliphatic carbocycles. The largest absolute Gasteiger partial charge is 0.480 e. The molecule has 0 bridgehead atoms. The van der Waals surface area contributed by atoms with Gasteiger partial charge in [0.25, 0.3) is 0 Å². The Kier molecular flexibility index (Phi) is 5.48. The van der Waals surface area contributed by atoms with Gasteiger partial charge in [-0.1, -0.05) is 0 Å². The Balaban J connectivity index is 3.76. The van der Waals surface area contributed by atoms with Gasteiger partial charge >= 0.3 is 5.97 Å². The van der Waals surface area contributed by atoms with Crippen LogP contribution in [0.25, 0.3) is 0 Å². The van der Waals surface area contributed by atoms with Crippen LogP contribution in [-0.2, 0) is 9.59 Å². The molecule has 0 aromatic heterocycles. The summed E-state index contributed by atoms with van der Waals surface area (Å²) in [5.74, 6) is -0.927. The maximum Gasteiger partial charge on any atom is 0.321 e. The number of carbonyl (C=O) groups excluding carboxylic acids is 1. The Bertz CT molecular complexity index is 198. The van der Waals surface area contributed by atoms with Crippen molar-refractivity contribution in [2.45, 2.75) is 18.2 Å². The van der Waals surface area contributed by atoms with Gasteiger partial charge in [-0.2, -0.15) is 0 Å². The van der Waals surface area contributed by atoms with Crippen molar-refractivity contribution in [1.82, 2.24) is 5.32 Å². The SMILES string of the molecule is CNC(=O)C(C)SC[C@H](N)C(=O)O. The number of hydrogen-bond acceptors (Lipinski definition) is 4. The molecule has 1 amide bonds. The molecule has 0 aliphatic rings. The molecule has 2 atom stereocenters. The van der Waals surface area contributed by atoms with Crippen LogP contribution in [0.4, 0.5) is 0 Å². The Morgan fingerprint density at radius 1 is 1.62 bits per heavy atom. The Hall–Kier alpha value is -0.750. The molecule has 0 rings (SSSR count). The first-order chi connectivity index (χ1) is 5.99. The maximum atomic E-state index is 11.0. The predicted octanol–water partition coefficient (Wildman–Crippen LogP) is -0.734. The van der Waals surface area contributed by atoms with Crippen LogP contribution in [0, 0.1) is 0 Å². The maximum absolute atomic E-state index is 11.0. The third kappa shape index (κ3) is 4.74. The lowest BCUT2D eigenvalue weighted by atomic mass is 10.4. The van der Waals surface area contributed by atoms with Crippen molar-refractivity contribution in [1.29, 1.82) is 0 Å². The number of hydrogen-bond donors (Lipinski definition) is 3. The molecule has 76 valence electrons. The number of nitrogens with one attached hydrogen (secondary N) is 1. The number of rotatable bonds is 5. The number of thioether (sulfide) groups is 1. The molecule has 4 N–H and O–H groups in total. The van der Waals surface area contributed by atoms with Crippen molar-refractivity contribution in [2.24, 2.45) is 5.73 Å². The summed E-state index contributed by atoms with van der Waals surface area (Å²) in [6, 6.07) is -0.905. The minimum absolute atomic E-state index is 0.123.